The first-order chi connectivity index (χ1) is 10.1. The number of likely N-dealkylation sites (tertiary alicyclic amines) is 1. The van der Waals surface area contributed by atoms with Gasteiger partial charge in [0.15, 0.2) is 0 Å². The number of piperidine rings is 1. The van der Waals surface area contributed by atoms with E-state index in [0.29, 0.717) is 17.5 Å². The molecule has 0 saturated carbocycles. The lowest BCUT2D eigenvalue weighted by Crippen LogP contribution is -2.40. The molecule has 21 heavy (non-hydrogen) atoms. The zero-order chi connectivity index (χ0) is 15.2. The van der Waals surface area contributed by atoms with Crippen LogP contribution in [0.25, 0.3) is 0 Å². The van der Waals surface area contributed by atoms with Gasteiger partial charge in [-0.05, 0) is 50.0 Å². The predicted molar refractivity (Wildman–Crippen MR) is 81.7 cm³/mol. The lowest BCUT2D eigenvalue weighted by atomic mass is 9.98. The number of phenolic OH excluding ortho intramolecular Hbond substituents is 1. The van der Waals surface area contributed by atoms with Gasteiger partial charge in [0.05, 0.1) is 5.56 Å². The molecule has 6 heteroatoms. The van der Waals surface area contributed by atoms with Gasteiger partial charge in [-0.15, -0.1) is 0 Å². The fraction of sp³-hybridized carbons (Fsp3) is 0.533. The van der Waals surface area contributed by atoms with E-state index in [9.17, 15) is 9.90 Å². The normalized spacial score (nSPS) is 16.9. The third-order valence-corrected chi connectivity index (χ3v) is 4.12. The number of aliphatic hydroxyl groups is 1. The Labute approximate surface area is 129 Å². The zero-order valence-electron chi connectivity index (χ0n) is 11.9. The Bertz CT molecular complexity index is 488. The van der Waals surface area contributed by atoms with Crippen LogP contribution in [0.1, 0.15) is 23.2 Å². The van der Waals surface area contributed by atoms with Crippen molar-refractivity contribution >= 4 is 17.5 Å². The van der Waals surface area contributed by atoms with Crippen LogP contribution in [0.5, 0.6) is 5.75 Å². The van der Waals surface area contributed by atoms with E-state index in [0.717, 1.165) is 32.5 Å². The largest absolute Gasteiger partial charge is 0.507 e. The molecule has 1 fully saturated rings. The molecule has 1 heterocycles. The van der Waals surface area contributed by atoms with Crippen LogP contribution in [0.4, 0.5) is 0 Å². The van der Waals surface area contributed by atoms with Gasteiger partial charge < -0.3 is 20.4 Å². The van der Waals surface area contributed by atoms with Gasteiger partial charge in [0, 0.05) is 24.7 Å². The standard InChI is InChI=1S/C15H21ClN2O3/c16-12-1-2-13(14(20)9-12)15(21)17-5-8-18-6-3-11(10-19)4-7-18/h1-2,9,11,19-20H,3-8,10H2,(H,17,21). The van der Waals surface area contributed by atoms with E-state index in [2.05, 4.69) is 10.2 Å². The Morgan fingerprint density at radius 1 is 1.38 bits per heavy atom. The maximum atomic E-state index is 12.0. The summed E-state index contributed by atoms with van der Waals surface area (Å²) in [6.07, 6.45) is 2.00. The molecule has 1 saturated heterocycles. The predicted octanol–water partition coefficient (Wildman–Crippen LogP) is 1.48. The zero-order valence-corrected chi connectivity index (χ0v) is 12.6. The number of benzene rings is 1. The SMILES string of the molecule is O=C(NCCN1CCC(CO)CC1)c1ccc(Cl)cc1O. The highest BCUT2D eigenvalue weighted by Gasteiger charge is 2.18. The van der Waals surface area contributed by atoms with Crippen LogP contribution in [0.15, 0.2) is 18.2 Å². The van der Waals surface area contributed by atoms with Crippen LogP contribution in [0.2, 0.25) is 5.02 Å². The minimum atomic E-state index is -0.297. The van der Waals surface area contributed by atoms with Crippen LogP contribution >= 0.6 is 11.6 Å². The highest BCUT2D eigenvalue weighted by Crippen LogP contribution is 2.21. The number of rotatable bonds is 5. The van der Waals surface area contributed by atoms with Crippen molar-refractivity contribution in [1.82, 2.24) is 10.2 Å². The van der Waals surface area contributed by atoms with Crippen molar-refractivity contribution in [2.24, 2.45) is 5.92 Å². The minimum Gasteiger partial charge on any atom is -0.507 e. The van der Waals surface area contributed by atoms with Gasteiger partial charge >= 0.3 is 0 Å². The molecule has 0 spiro atoms. The van der Waals surface area contributed by atoms with E-state index >= 15 is 0 Å². The summed E-state index contributed by atoms with van der Waals surface area (Å²) in [5.74, 6) is 0.0139. The van der Waals surface area contributed by atoms with Crippen LogP contribution in [0, 0.1) is 5.92 Å². The Morgan fingerprint density at radius 3 is 2.71 bits per heavy atom. The molecule has 3 N–H and O–H groups in total. The van der Waals surface area contributed by atoms with Crippen molar-refractivity contribution in [3.63, 3.8) is 0 Å². The number of carbonyl (C=O) groups excluding carboxylic acids is 1. The van der Waals surface area contributed by atoms with Crippen molar-refractivity contribution in [1.29, 1.82) is 0 Å². The van der Waals surface area contributed by atoms with Crippen molar-refractivity contribution < 1.29 is 15.0 Å². The number of carbonyl (C=O) groups is 1. The van der Waals surface area contributed by atoms with Crippen molar-refractivity contribution in [2.45, 2.75) is 12.8 Å². The fourth-order valence-corrected chi connectivity index (χ4v) is 2.68. The van der Waals surface area contributed by atoms with Gasteiger partial charge in [-0.3, -0.25) is 4.79 Å². The van der Waals surface area contributed by atoms with E-state index < -0.39 is 0 Å². The molecule has 0 unspecified atom stereocenters. The third-order valence-electron chi connectivity index (χ3n) is 3.88. The lowest BCUT2D eigenvalue weighted by molar-refractivity contribution is 0.0936. The molecule has 0 aliphatic carbocycles. The molecule has 0 radical (unpaired) electrons. The molecule has 1 aromatic rings. The highest BCUT2D eigenvalue weighted by atomic mass is 35.5. The monoisotopic (exact) mass is 312 g/mol. The molecule has 0 aromatic heterocycles. The average molecular weight is 313 g/mol. The molecule has 0 bridgehead atoms. The van der Waals surface area contributed by atoms with Crippen molar-refractivity contribution in [3.05, 3.63) is 28.8 Å². The number of halogens is 1. The number of phenols is 1. The summed E-state index contributed by atoms with van der Waals surface area (Å²) in [7, 11) is 0. The second-order valence-electron chi connectivity index (χ2n) is 5.38. The highest BCUT2D eigenvalue weighted by molar-refractivity contribution is 6.30. The molecule has 1 aliphatic rings. The number of hydrogen-bond acceptors (Lipinski definition) is 4. The number of nitrogens with one attached hydrogen (secondary N) is 1. The maximum Gasteiger partial charge on any atom is 0.255 e. The van der Waals surface area contributed by atoms with E-state index in [1.54, 1.807) is 6.07 Å². The summed E-state index contributed by atoms with van der Waals surface area (Å²) in [6.45, 7) is 3.48. The summed E-state index contributed by atoms with van der Waals surface area (Å²) < 4.78 is 0. The summed E-state index contributed by atoms with van der Waals surface area (Å²) in [6, 6.07) is 4.45. The molecule has 2 rings (SSSR count). The van der Waals surface area contributed by atoms with Crippen LogP contribution < -0.4 is 5.32 Å². The summed E-state index contributed by atoms with van der Waals surface area (Å²) in [4.78, 5) is 14.2. The smallest absolute Gasteiger partial charge is 0.255 e. The second-order valence-corrected chi connectivity index (χ2v) is 5.82. The Balaban J connectivity index is 1.74. The van der Waals surface area contributed by atoms with Crippen molar-refractivity contribution in [2.75, 3.05) is 32.8 Å². The number of hydrogen-bond donors (Lipinski definition) is 3. The third kappa shape index (κ3) is 4.59. The average Bonchev–Trinajstić information content (AvgIpc) is 2.47. The second kappa shape index (κ2) is 7.64. The first-order valence-corrected chi connectivity index (χ1v) is 7.58. The molecule has 1 aromatic carbocycles. The fourth-order valence-electron chi connectivity index (χ4n) is 2.51. The molecule has 1 amide bonds. The van der Waals surface area contributed by atoms with Gasteiger partial charge in [0.1, 0.15) is 5.75 Å². The van der Waals surface area contributed by atoms with E-state index in [1.807, 2.05) is 0 Å². The lowest BCUT2D eigenvalue weighted by Gasteiger charge is -2.30. The van der Waals surface area contributed by atoms with Crippen LogP contribution in [-0.2, 0) is 0 Å². The van der Waals surface area contributed by atoms with Gasteiger partial charge in [-0.1, -0.05) is 11.6 Å². The van der Waals surface area contributed by atoms with Gasteiger partial charge in [-0.2, -0.15) is 0 Å². The number of aromatic hydroxyl groups is 1. The first-order valence-electron chi connectivity index (χ1n) is 7.20. The molecule has 5 nitrogen and oxygen atoms in total. The molecular weight excluding hydrogens is 292 g/mol. The molecule has 1 aliphatic heterocycles. The van der Waals surface area contributed by atoms with Gasteiger partial charge in [0.25, 0.3) is 5.91 Å². The van der Waals surface area contributed by atoms with Crippen LogP contribution in [-0.4, -0.2) is 53.8 Å². The number of amides is 1. The first kappa shape index (κ1) is 16.1. The maximum absolute atomic E-state index is 12.0. The quantitative estimate of drug-likeness (QED) is 0.770. The Morgan fingerprint density at radius 2 is 2.10 bits per heavy atom. The van der Waals surface area contributed by atoms with Crippen LogP contribution in [0.3, 0.4) is 0 Å². The van der Waals surface area contributed by atoms with E-state index in [4.69, 9.17) is 16.7 Å². The Kier molecular flexibility index (Phi) is 5.85. The van der Waals surface area contributed by atoms with Gasteiger partial charge in [0.2, 0.25) is 0 Å². The van der Waals surface area contributed by atoms with Crippen molar-refractivity contribution in [3.8, 4) is 5.75 Å². The summed E-state index contributed by atoms with van der Waals surface area (Å²) >= 11 is 5.74. The Hall–Kier alpha value is -1.30. The molecule has 0 atom stereocenters. The van der Waals surface area contributed by atoms with Gasteiger partial charge in [-0.25, -0.2) is 0 Å². The minimum absolute atomic E-state index is 0.108. The number of nitrogens with zero attached hydrogens (tertiary/aromatic N) is 1. The molecular formula is C15H21ClN2O3. The number of aliphatic hydroxyl groups excluding tert-OH is 1. The summed E-state index contributed by atoms with van der Waals surface area (Å²) in [5, 5.41) is 22.0. The van der Waals surface area contributed by atoms with E-state index in [-0.39, 0.29) is 23.8 Å². The summed E-state index contributed by atoms with van der Waals surface area (Å²) in [5.41, 5.74) is 0.235. The van der Waals surface area contributed by atoms with E-state index in [1.165, 1.54) is 12.1 Å². The topological polar surface area (TPSA) is 72.8 Å². The molecule has 116 valence electrons.